The maximum absolute atomic E-state index is 12.3. The van der Waals surface area contributed by atoms with E-state index >= 15 is 0 Å². The minimum Gasteiger partial charge on any atom is -0.493 e. The number of rotatable bonds is 5. The van der Waals surface area contributed by atoms with E-state index in [-0.39, 0.29) is 29.2 Å². The first-order valence-corrected chi connectivity index (χ1v) is 10.3. The number of likely N-dealkylation sites (tertiary alicyclic amines) is 1. The first-order chi connectivity index (χ1) is 14.5. The average molecular weight is 409 g/mol. The van der Waals surface area contributed by atoms with Crippen LogP contribution >= 0.6 is 0 Å². The molecule has 2 aliphatic rings. The lowest BCUT2D eigenvalue weighted by Gasteiger charge is -2.23. The highest BCUT2D eigenvalue weighted by Crippen LogP contribution is 2.35. The molecule has 1 aromatic heterocycles. The Hall–Kier alpha value is -3.29. The van der Waals surface area contributed by atoms with Crippen molar-refractivity contribution in [1.82, 2.24) is 14.7 Å². The largest absolute Gasteiger partial charge is 0.493 e. The van der Waals surface area contributed by atoms with Crippen LogP contribution < -0.4 is 16.2 Å². The standard InChI is InChI=1S/C22H27N5O3/c1-2-18(28)26-10-5-7-16(26)13-27-21(23)19(22(24)29)20(25-27)15-9-11-30-17-8-4-3-6-14(17)12-15/h2-4,6,8,15-16H,1,5,7,9-13,23H2,(H2,24,29). The molecule has 2 amide bonds. The second-order valence-corrected chi connectivity index (χ2v) is 7.87. The molecule has 158 valence electrons. The van der Waals surface area contributed by atoms with Crippen molar-refractivity contribution in [3.05, 3.63) is 53.7 Å². The molecule has 4 rings (SSSR count). The zero-order valence-electron chi connectivity index (χ0n) is 16.9. The maximum atomic E-state index is 12.3. The van der Waals surface area contributed by atoms with Crippen molar-refractivity contribution in [2.24, 2.45) is 5.73 Å². The molecule has 1 fully saturated rings. The molecule has 4 N–H and O–H groups in total. The number of nitrogens with zero attached hydrogens (tertiary/aromatic N) is 3. The number of carbonyl (C=O) groups excluding carboxylic acids is 2. The number of aromatic nitrogens is 2. The third kappa shape index (κ3) is 3.65. The van der Waals surface area contributed by atoms with E-state index in [1.165, 1.54) is 6.08 Å². The van der Waals surface area contributed by atoms with Crippen LogP contribution in [0.2, 0.25) is 0 Å². The van der Waals surface area contributed by atoms with Gasteiger partial charge in [0.1, 0.15) is 17.1 Å². The van der Waals surface area contributed by atoms with Crippen molar-refractivity contribution in [1.29, 1.82) is 0 Å². The summed E-state index contributed by atoms with van der Waals surface area (Å²) in [4.78, 5) is 26.2. The van der Waals surface area contributed by atoms with Gasteiger partial charge in [0.05, 0.1) is 24.9 Å². The minimum atomic E-state index is -0.586. The Balaban J connectivity index is 1.65. The molecule has 2 aliphatic heterocycles. The topological polar surface area (TPSA) is 116 Å². The van der Waals surface area contributed by atoms with Gasteiger partial charge in [0.2, 0.25) is 5.91 Å². The molecule has 0 bridgehead atoms. The lowest BCUT2D eigenvalue weighted by atomic mass is 9.91. The van der Waals surface area contributed by atoms with Gasteiger partial charge >= 0.3 is 0 Å². The third-order valence-electron chi connectivity index (χ3n) is 6.03. The molecule has 2 unspecified atom stereocenters. The molecule has 30 heavy (non-hydrogen) atoms. The molecule has 2 atom stereocenters. The van der Waals surface area contributed by atoms with Crippen LogP contribution in [-0.4, -0.2) is 45.7 Å². The maximum Gasteiger partial charge on any atom is 0.254 e. The quantitative estimate of drug-likeness (QED) is 0.731. The number of fused-ring (bicyclic) bond motifs is 1. The number of anilines is 1. The molecule has 2 aromatic rings. The number of para-hydroxylation sites is 1. The van der Waals surface area contributed by atoms with Crippen LogP contribution in [0.5, 0.6) is 5.75 Å². The van der Waals surface area contributed by atoms with Gasteiger partial charge in [-0.1, -0.05) is 24.8 Å². The Kier molecular flexibility index (Phi) is 5.48. The predicted molar refractivity (Wildman–Crippen MR) is 113 cm³/mol. The van der Waals surface area contributed by atoms with Gasteiger partial charge in [0.15, 0.2) is 0 Å². The number of hydrogen-bond acceptors (Lipinski definition) is 5. The summed E-state index contributed by atoms with van der Waals surface area (Å²) in [5, 5.41) is 4.72. The fourth-order valence-electron chi connectivity index (χ4n) is 4.53. The van der Waals surface area contributed by atoms with Crippen LogP contribution in [-0.2, 0) is 17.8 Å². The van der Waals surface area contributed by atoms with E-state index in [9.17, 15) is 9.59 Å². The number of carbonyl (C=O) groups is 2. The summed E-state index contributed by atoms with van der Waals surface area (Å²) >= 11 is 0. The van der Waals surface area contributed by atoms with Gasteiger partial charge in [-0.25, -0.2) is 4.68 Å². The monoisotopic (exact) mass is 409 g/mol. The van der Waals surface area contributed by atoms with Crippen molar-refractivity contribution in [2.75, 3.05) is 18.9 Å². The van der Waals surface area contributed by atoms with E-state index in [0.717, 1.165) is 24.2 Å². The summed E-state index contributed by atoms with van der Waals surface area (Å²) in [7, 11) is 0. The van der Waals surface area contributed by atoms with Crippen LogP contribution in [0.25, 0.3) is 0 Å². The number of nitrogens with two attached hydrogens (primary N) is 2. The summed E-state index contributed by atoms with van der Waals surface area (Å²) < 4.78 is 7.49. The fourth-order valence-corrected chi connectivity index (χ4v) is 4.53. The smallest absolute Gasteiger partial charge is 0.254 e. The molecule has 8 nitrogen and oxygen atoms in total. The van der Waals surface area contributed by atoms with Crippen molar-refractivity contribution in [3.63, 3.8) is 0 Å². The molecule has 0 saturated carbocycles. The summed E-state index contributed by atoms with van der Waals surface area (Å²) in [6.07, 6.45) is 4.49. The van der Waals surface area contributed by atoms with Crippen molar-refractivity contribution >= 4 is 17.6 Å². The van der Waals surface area contributed by atoms with E-state index in [1.54, 1.807) is 9.58 Å². The van der Waals surface area contributed by atoms with Gasteiger partial charge in [-0.05, 0) is 43.4 Å². The molecular formula is C22H27N5O3. The number of primary amides is 1. The van der Waals surface area contributed by atoms with E-state index < -0.39 is 5.91 Å². The normalized spacial score (nSPS) is 20.9. The summed E-state index contributed by atoms with van der Waals surface area (Å²) in [5.41, 5.74) is 14.0. The van der Waals surface area contributed by atoms with Crippen molar-refractivity contribution < 1.29 is 14.3 Å². The number of benzene rings is 1. The molecule has 0 radical (unpaired) electrons. The zero-order chi connectivity index (χ0) is 21.3. The van der Waals surface area contributed by atoms with Gasteiger partial charge in [-0.15, -0.1) is 0 Å². The molecule has 3 heterocycles. The summed E-state index contributed by atoms with van der Waals surface area (Å²) in [6, 6.07) is 7.85. The second kappa shape index (κ2) is 8.22. The van der Waals surface area contributed by atoms with E-state index in [0.29, 0.717) is 38.2 Å². The van der Waals surface area contributed by atoms with Gasteiger partial charge in [0, 0.05) is 12.5 Å². The first kappa shape index (κ1) is 20.0. The van der Waals surface area contributed by atoms with Gasteiger partial charge in [-0.2, -0.15) is 5.10 Å². The Labute approximate surface area is 175 Å². The number of amides is 2. The predicted octanol–water partition coefficient (Wildman–Crippen LogP) is 1.85. The van der Waals surface area contributed by atoms with E-state index in [2.05, 4.69) is 6.58 Å². The highest BCUT2D eigenvalue weighted by Gasteiger charge is 2.32. The van der Waals surface area contributed by atoms with E-state index in [1.807, 2.05) is 24.3 Å². The SMILES string of the molecule is C=CC(=O)N1CCCC1Cn1nc(C2CCOc3ccccc3C2)c(C(N)=O)c1N. The molecule has 0 spiro atoms. The molecule has 1 saturated heterocycles. The minimum absolute atomic E-state index is 0.0332. The Bertz CT molecular complexity index is 983. The second-order valence-electron chi connectivity index (χ2n) is 7.87. The zero-order valence-corrected chi connectivity index (χ0v) is 16.9. The lowest BCUT2D eigenvalue weighted by molar-refractivity contribution is -0.127. The van der Waals surface area contributed by atoms with Crippen LogP contribution in [0, 0.1) is 0 Å². The molecule has 1 aromatic carbocycles. The highest BCUT2D eigenvalue weighted by molar-refractivity contribution is 5.98. The Morgan fingerprint density at radius 2 is 2.10 bits per heavy atom. The highest BCUT2D eigenvalue weighted by atomic mass is 16.5. The Morgan fingerprint density at radius 3 is 2.87 bits per heavy atom. The van der Waals surface area contributed by atoms with Crippen molar-refractivity contribution in [3.8, 4) is 5.75 Å². The summed E-state index contributed by atoms with van der Waals surface area (Å²) in [5.74, 6) is 0.398. The van der Waals surface area contributed by atoms with Crippen LogP contribution in [0.15, 0.2) is 36.9 Å². The van der Waals surface area contributed by atoms with Gasteiger partial charge in [-0.3, -0.25) is 9.59 Å². The first-order valence-electron chi connectivity index (χ1n) is 10.3. The molecule has 0 aliphatic carbocycles. The number of ether oxygens (including phenoxy) is 1. The number of hydrogen-bond donors (Lipinski definition) is 2. The van der Waals surface area contributed by atoms with Crippen LogP contribution in [0.1, 0.15) is 46.8 Å². The van der Waals surface area contributed by atoms with Gasteiger partial charge < -0.3 is 21.1 Å². The van der Waals surface area contributed by atoms with Crippen LogP contribution in [0.4, 0.5) is 5.82 Å². The molecule has 8 heteroatoms. The fraction of sp³-hybridized carbons (Fsp3) is 0.409. The van der Waals surface area contributed by atoms with E-state index in [4.69, 9.17) is 21.3 Å². The summed E-state index contributed by atoms with van der Waals surface area (Å²) in [6.45, 7) is 5.21. The van der Waals surface area contributed by atoms with Crippen LogP contribution in [0.3, 0.4) is 0 Å². The third-order valence-corrected chi connectivity index (χ3v) is 6.03. The van der Waals surface area contributed by atoms with Crippen molar-refractivity contribution in [2.45, 2.75) is 44.2 Å². The van der Waals surface area contributed by atoms with Gasteiger partial charge in [0.25, 0.3) is 5.91 Å². The number of nitrogen functional groups attached to an aromatic ring is 1. The Morgan fingerprint density at radius 1 is 1.30 bits per heavy atom. The lowest BCUT2D eigenvalue weighted by Crippen LogP contribution is -2.37. The molecular weight excluding hydrogens is 382 g/mol. The average Bonchev–Trinajstić information content (AvgIpc) is 3.25.